The van der Waals surface area contributed by atoms with Crippen LogP contribution in [0.4, 0.5) is 0 Å². The van der Waals surface area contributed by atoms with E-state index in [-0.39, 0.29) is 5.56 Å². The second kappa shape index (κ2) is 9.97. The molecule has 28 heavy (non-hydrogen) atoms. The van der Waals surface area contributed by atoms with Crippen molar-refractivity contribution >= 4 is 36.9 Å². The van der Waals surface area contributed by atoms with Gasteiger partial charge in [0, 0.05) is 0 Å². The number of esters is 1. The lowest BCUT2D eigenvalue weighted by molar-refractivity contribution is -0.135. The number of hydrogen-bond acceptors (Lipinski definition) is 6. The Bertz CT molecular complexity index is 663. The number of carbonyl (C=O) groups is 2. The van der Waals surface area contributed by atoms with Gasteiger partial charge in [-0.05, 0) is 70.4 Å². The number of carbonyl (C=O) groups excluding carboxylic acids is 2. The predicted octanol–water partition coefficient (Wildman–Crippen LogP) is 4.59. The summed E-state index contributed by atoms with van der Waals surface area (Å²) in [6.07, 6.45) is 0.748. The van der Waals surface area contributed by atoms with E-state index in [4.69, 9.17) is 13.0 Å². The normalized spacial score (nSPS) is 12.6. The van der Waals surface area contributed by atoms with E-state index in [1.807, 2.05) is 0 Å². The van der Waals surface area contributed by atoms with Gasteiger partial charge in [0.25, 0.3) is 5.78 Å². The number of benzene rings is 1. The SMILES string of the molecule is COC(=O)C(=O)c1ccccc1OCCC[Si](C)(O[Si](C)(C)C)O[Si](C)(C)C. The van der Waals surface area contributed by atoms with Crippen LogP contribution in [-0.2, 0) is 17.8 Å². The van der Waals surface area contributed by atoms with E-state index >= 15 is 0 Å². The first kappa shape index (κ1) is 24.8. The zero-order valence-corrected chi connectivity index (χ0v) is 21.4. The summed E-state index contributed by atoms with van der Waals surface area (Å²) >= 11 is 0. The van der Waals surface area contributed by atoms with E-state index in [9.17, 15) is 9.59 Å². The highest BCUT2D eigenvalue weighted by Crippen LogP contribution is 2.26. The van der Waals surface area contributed by atoms with E-state index in [0.717, 1.165) is 12.5 Å². The Morgan fingerprint density at radius 1 is 0.893 bits per heavy atom. The topological polar surface area (TPSA) is 71.1 Å². The predicted molar refractivity (Wildman–Crippen MR) is 118 cm³/mol. The lowest BCUT2D eigenvalue weighted by Crippen LogP contribution is -2.52. The van der Waals surface area contributed by atoms with E-state index < -0.39 is 36.9 Å². The maximum absolute atomic E-state index is 12.1. The molecule has 0 bridgehead atoms. The molecule has 0 atom stereocenters. The van der Waals surface area contributed by atoms with E-state index in [2.05, 4.69) is 50.6 Å². The molecule has 0 aliphatic rings. The number of Topliss-reactive ketones (excluding diaryl/α,β-unsaturated/α-hetero) is 1. The zero-order chi connectivity index (χ0) is 21.6. The van der Waals surface area contributed by atoms with Crippen molar-refractivity contribution in [1.82, 2.24) is 0 Å². The molecule has 0 aromatic heterocycles. The van der Waals surface area contributed by atoms with Crippen LogP contribution in [0, 0.1) is 0 Å². The zero-order valence-electron chi connectivity index (χ0n) is 18.4. The Kier molecular flexibility index (Phi) is 8.82. The number of ketones is 1. The molecule has 0 aliphatic heterocycles. The third-order valence-electron chi connectivity index (χ3n) is 3.58. The second-order valence-electron chi connectivity index (χ2n) is 8.83. The molecule has 9 heteroatoms. The summed E-state index contributed by atoms with van der Waals surface area (Å²) < 4.78 is 23.3. The van der Waals surface area contributed by atoms with Gasteiger partial charge in [0.05, 0.1) is 19.3 Å². The molecular formula is C19H34O6Si3. The smallest absolute Gasteiger partial charge is 0.379 e. The van der Waals surface area contributed by atoms with Crippen molar-refractivity contribution in [3.8, 4) is 5.75 Å². The van der Waals surface area contributed by atoms with Gasteiger partial charge in [0.2, 0.25) is 0 Å². The minimum atomic E-state index is -2.32. The molecular weight excluding hydrogens is 408 g/mol. The van der Waals surface area contributed by atoms with Crippen molar-refractivity contribution in [2.45, 2.75) is 58.3 Å². The van der Waals surface area contributed by atoms with Gasteiger partial charge < -0.3 is 17.7 Å². The van der Waals surface area contributed by atoms with Gasteiger partial charge in [-0.15, -0.1) is 0 Å². The molecule has 158 valence electrons. The van der Waals surface area contributed by atoms with Crippen LogP contribution in [0.15, 0.2) is 24.3 Å². The molecule has 0 amide bonds. The van der Waals surface area contributed by atoms with Gasteiger partial charge in [-0.2, -0.15) is 0 Å². The average molecular weight is 443 g/mol. The molecule has 1 rings (SSSR count). The molecule has 1 aromatic carbocycles. The quantitative estimate of drug-likeness (QED) is 0.164. The Balaban J connectivity index is 2.77. The molecule has 1 aromatic rings. The van der Waals surface area contributed by atoms with Crippen LogP contribution in [-0.4, -0.2) is 50.7 Å². The van der Waals surface area contributed by atoms with E-state index in [1.165, 1.54) is 7.11 Å². The molecule has 0 aliphatic carbocycles. The third-order valence-corrected chi connectivity index (χ3v) is 13.2. The van der Waals surface area contributed by atoms with Crippen LogP contribution in [0.2, 0.25) is 51.9 Å². The van der Waals surface area contributed by atoms with Crippen LogP contribution in [0.3, 0.4) is 0 Å². The summed E-state index contributed by atoms with van der Waals surface area (Å²) in [4.78, 5) is 23.7. The van der Waals surface area contributed by atoms with E-state index in [0.29, 0.717) is 12.4 Å². The molecule has 0 radical (unpaired) electrons. The number of methoxy groups -OCH3 is 1. The molecule has 0 spiro atoms. The molecule has 0 unspecified atom stereocenters. The fourth-order valence-electron chi connectivity index (χ4n) is 2.98. The standard InChI is InChI=1S/C19H34O6Si3/c1-22-19(21)18(20)16-12-9-10-13-17(16)23-14-11-15-28(8,24-26(2,3)4)25-27(5,6)7/h9-10,12-13H,11,14-15H2,1-8H3. The van der Waals surface area contributed by atoms with Crippen LogP contribution >= 0.6 is 0 Å². The first-order valence-corrected chi connectivity index (χ1v) is 18.9. The fourth-order valence-corrected chi connectivity index (χ4v) is 15.5. The Hall–Kier alpha value is -1.27. The third kappa shape index (κ3) is 8.82. The van der Waals surface area contributed by atoms with Gasteiger partial charge in [0.15, 0.2) is 16.6 Å². The first-order valence-electron chi connectivity index (χ1n) is 9.51. The second-order valence-corrected chi connectivity index (χ2v) is 21.7. The fraction of sp³-hybridized carbons (Fsp3) is 0.579. The summed E-state index contributed by atoms with van der Waals surface area (Å²) in [5.74, 6) is -1.22. The average Bonchev–Trinajstić information content (AvgIpc) is 2.54. The minimum absolute atomic E-state index is 0.214. The summed E-state index contributed by atoms with van der Waals surface area (Å²) in [5.41, 5.74) is 0.214. The Labute approximate surface area is 172 Å². The summed E-state index contributed by atoms with van der Waals surface area (Å²) in [7, 11) is -4.60. The lowest BCUT2D eigenvalue weighted by atomic mass is 10.1. The highest BCUT2D eigenvalue weighted by Gasteiger charge is 2.39. The first-order chi connectivity index (χ1) is 12.8. The van der Waals surface area contributed by atoms with Crippen LogP contribution in [0.25, 0.3) is 0 Å². The number of para-hydroxylation sites is 1. The highest BCUT2D eigenvalue weighted by molar-refractivity contribution is 6.87. The molecule has 0 N–H and O–H groups in total. The molecule has 0 heterocycles. The lowest BCUT2D eigenvalue weighted by Gasteiger charge is -2.38. The summed E-state index contributed by atoms with van der Waals surface area (Å²) in [6.45, 7) is 15.6. The summed E-state index contributed by atoms with van der Waals surface area (Å²) in [5, 5.41) is 0. The van der Waals surface area contributed by atoms with Crippen molar-refractivity contribution in [3.05, 3.63) is 29.8 Å². The summed E-state index contributed by atoms with van der Waals surface area (Å²) in [6, 6.07) is 7.52. The van der Waals surface area contributed by atoms with Crippen molar-refractivity contribution in [2.75, 3.05) is 13.7 Å². The number of ether oxygens (including phenoxy) is 2. The largest absolute Gasteiger partial charge is 0.493 e. The van der Waals surface area contributed by atoms with Gasteiger partial charge in [0.1, 0.15) is 5.75 Å². The van der Waals surface area contributed by atoms with Crippen molar-refractivity contribution in [2.24, 2.45) is 0 Å². The van der Waals surface area contributed by atoms with Crippen LogP contribution < -0.4 is 4.74 Å². The molecule has 0 saturated heterocycles. The highest BCUT2D eigenvalue weighted by atomic mass is 28.5. The minimum Gasteiger partial charge on any atom is -0.493 e. The maximum Gasteiger partial charge on any atom is 0.379 e. The van der Waals surface area contributed by atoms with Gasteiger partial charge >= 0.3 is 14.5 Å². The van der Waals surface area contributed by atoms with Crippen LogP contribution in [0.1, 0.15) is 16.8 Å². The Morgan fingerprint density at radius 3 is 1.93 bits per heavy atom. The van der Waals surface area contributed by atoms with E-state index in [1.54, 1.807) is 24.3 Å². The van der Waals surface area contributed by atoms with Crippen LogP contribution in [0.5, 0.6) is 5.75 Å². The van der Waals surface area contributed by atoms with Crippen molar-refractivity contribution in [1.29, 1.82) is 0 Å². The van der Waals surface area contributed by atoms with Gasteiger partial charge in [-0.25, -0.2) is 4.79 Å². The Morgan fingerprint density at radius 2 is 1.43 bits per heavy atom. The maximum atomic E-state index is 12.1. The van der Waals surface area contributed by atoms with Gasteiger partial charge in [-0.3, -0.25) is 4.79 Å². The molecule has 0 fully saturated rings. The van der Waals surface area contributed by atoms with Crippen molar-refractivity contribution < 1.29 is 27.3 Å². The molecule has 6 nitrogen and oxygen atoms in total. The molecule has 0 saturated carbocycles. The number of hydrogen-bond donors (Lipinski definition) is 0. The monoisotopic (exact) mass is 442 g/mol. The number of rotatable bonds is 11. The van der Waals surface area contributed by atoms with Gasteiger partial charge in [-0.1, -0.05) is 12.1 Å². The van der Waals surface area contributed by atoms with Crippen molar-refractivity contribution in [3.63, 3.8) is 0 Å².